The molecule has 0 saturated carbocycles. The highest BCUT2D eigenvalue weighted by atomic mass is 32.2. The molecule has 0 spiro atoms. The molecule has 3 heteroatoms. The third-order valence-corrected chi connectivity index (χ3v) is 2.63. The van der Waals surface area contributed by atoms with Gasteiger partial charge in [0.25, 0.3) is 0 Å². The zero-order valence-electron chi connectivity index (χ0n) is 7.45. The molecule has 0 amide bonds. The van der Waals surface area contributed by atoms with Crippen molar-refractivity contribution in [2.24, 2.45) is 0 Å². The monoisotopic (exact) mass is 195 g/mol. The standard InChI is InChI=1S/C10H11O2S/c1-12-8-13-10-5-3-2-4-9(10)6-7-11/h2-5H,6,8H2,1H3. The van der Waals surface area contributed by atoms with E-state index < -0.39 is 0 Å². The van der Waals surface area contributed by atoms with E-state index >= 15 is 0 Å². The maximum absolute atomic E-state index is 10.2. The Morgan fingerprint density at radius 2 is 2.23 bits per heavy atom. The summed E-state index contributed by atoms with van der Waals surface area (Å²) in [5, 5.41) is 0. The second kappa shape index (κ2) is 5.78. The van der Waals surface area contributed by atoms with E-state index in [9.17, 15) is 4.79 Å². The van der Waals surface area contributed by atoms with Crippen LogP contribution in [0.1, 0.15) is 5.56 Å². The molecule has 0 N–H and O–H groups in total. The molecule has 1 radical (unpaired) electrons. The Morgan fingerprint density at radius 3 is 2.92 bits per heavy atom. The molecule has 0 aliphatic carbocycles. The number of hydrogen-bond donors (Lipinski definition) is 0. The van der Waals surface area contributed by atoms with Gasteiger partial charge in [0.15, 0.2) is 0 Å². The lowest BCUT2D eigenvalue weighted by molar-refractivity contribution is 0.259. The predicted molar refractivity (Wildman–Crippen MR) is 53.6 cm³/mol. The van der Waals surface area contributed by atoms with E-state index in [1.54, 1.807) is 18.9 Å². The second-order valence-corrected chi connectivity index (χ2v) is 3.44. The van der Waals surface area contributed by atoms with E-state index in [1.165, 1.54) is 0 Å². The first-order valence-corrected chi connectivity index (χ1v) is 4.91. The van der Waals surface area contributed by atoms with Crippen LogP contribution in [0.15, 0.2) is 29.2 Å². The summed E-state index contributed by atoms with van der Waals surface area (Å²) in [6.07, 6.45) is 2.25. The molecular weight excluding hydrogens is 184 g/mol. The third kappa shape index (κ3) is 3.20. The van der Waals surface area contributed by atoms with Gasteiger partial charge in [0.05, 0.1) is 5.94 Å². The molecule has 1 rings (SSSR count). The Hall–Kier alpha value is -0.800. The Balaban J connectivity index is 2.71. The summed E-state index contributed by atoms with van der Waals surface area (Å²) in [7, 11) is 1.65. The Labute approximate surface area is 82.3 Å². The van der Waals surface area contributed by atoms with Gasteiger partial charge in [-0.1, -0.05) is 30.0 Å². The molecule has 0 unspecified atom stereocenters. The van der Waals surface area contributed by atoms with Crippen molar-refractivity contribution in [3.05, 3.63) is 29.8 Å². The van der Waals surface area contributed by atoms with Gasteiger partial charge >= 0.3 is 0 Å². The number of ether oxygens (including phenoxy) is 1. The second-order valence-electron chi connectivity index (χ2n) is 2.48. The van der Waals surface area contributed by atoms with Crippen LogP contribution in [0.4, 0.5) is 0 Å². The minimum absolute atomic E-state index is 0.354. The Morgan fingerprint density at radius 1 is 1.46 bits per heavy atom. The number of methoxy groups -OCH3 is 1. The molecule has 0 bridgehead atoms. The lowest BCUT2D eigenvalue weighted by Crippen LogP contribution is -1.90. The van der Waals surface area contributed by atoms with Crippen LogP contribution in [0, 0.1) is 0 Å². The minimum Gasteiger partial charge on any atom is -0.374 e. The predicted octanol–water partition coefficient (Wildman–Crippen LogP) is 2.03. The molecule has 0 fully saturated rings. The first-order valence-electron chi connectivity index (χ1n) is 3.93. The zero-order chi connectivity index (χ0) is 9.52. The van der Waals surface area contributed by atoms with Crippen molar-refractivity contribution >= 4 is 18.0 Å². The highest BCUT2D eigenvalue weighted by Crippen LogP contribution is 2.22. The maximum Gasteiger partial charge on any atom is 0.203 e. The lowest BCUT2D eigenvalue weighted by atomic mass is 10.2. The average Bonchev–Trinajstić information content (AvgIpc) is 2.17. The lowest BCUT2D eigenvalue weighted by Gasteiger charge is -2.04. The molecular formula is C10H11O2S. The van der Waals surface area contributed by atoms with Crippen LogP contribution in [0.5, 0.6) is 0 Å². The first kappa shape index (κ1) is 10.3. The van der Waals surface area contributed by atoms with Gasteiger partial charge < -0.3 is 4.74 Å². The summed E-state index contributed by atoms with van der Waals surface area (Å²) in [4.78, 5) is 11.3. The molecule has 0 saturated heterocycles. The molecule has 69 valence electrons. The fourth-order valence-electron chi connectivity index (χ4n) is 0.991. The van der Waals surface area contributed by atoms with Gasteiger partial charge in [-0.2, -0.15) is 0 Å². The molecule has 0 aromatic heterocycles. The number of thioether (sulfide) groups is 1. The number of benzene rings is 1. The van der Waals surface area contributed by atoms with E-state index in [0.717, 1.165) is 10.5 Å². The van der Waals surface area contributed by atoms with Gasteiger partial charge in [0.1, 0.15) is 0 Å². The van der Waals surface area contributed by atoms with Gasteiger partial charge in [-0.05, 0) is 11.6 Å². The van der Waals surface area contributed by atoms with Gasteiger partial charge in [-0.15, -0.1) is 0 Å². The zero-order valence-corrected chi connectivity index (χ0v) is 8.26. The SMILES string of the molecule is COCSc1ccccc1C[C]=O. The van der Waals surface area contributed by atoms with Crippen molar-refractivity contribution < 1.29 is 9.53 Å². The molecule has 1 aromatic rings. The summed E-state index contributed by atoms with van der Waals surface area (Å²) in [6, 6.07) is 7.79. The van der Waals surface area contributed by atoms with Crippen molar-refractivity contribution in [3.8, 4) is 0 Å². The summed E-state index contributed by atoms with van der Waals surface area (Å²) >= 11 is 1.59. The molecule has 0 atom stereocenters. The largest absolute Gasteiger partial charge is 0.374 e. The van der Waals surface area contributed by atoms with Crippen LogP contribution < -0.4 is 0 Å². The number of hydrogen-bond acceptors (Lipinski definition) is 3. The van der Waals surface area contributed by atoms with Crippen LogP contribution in [-0.2, 0) is 16.0 Å². The van der Waals surface area contributed by atoms with E-state index in [4.69, 9.17) is 4.74 Å². The van der Waals surface area contributed by atoms with Gasteiger partial charge in [-0.25, -0.2) is 0 Å². The molecule has 0 heterocycles. The Bertz CT molecular complexity index is 273. The van der Waals surface area contributed by atoms with Gasteiger partial charge in [0, 0.05) is 18.4 Å². The number of carbonyl (C=O) groups excluding carboxylic acids is 1. The van der Waals surface area contributed by atoms with Gasteiger partial charge in [-0.3, -0.25) is 4.79 Å². The fourth-order valence-corrected chi connectivity index (χ4v) is 1.74. The quantitative estimate of drug-likeness (QED) is 0.531. The normalized spacial score (nSPS) is 9.92. The fraction of sp³-hybridized carbons (Fsp3) is 0.300. The van der Waals surface area contributed by atoms with Crippen molar-refractivity contribution in [1.82, 2.24) is 0 Å². The highest BCUT2D eigenvalue weighted by molar-refractivity contribution is 7.99. The summed E-state index contributed by atoms with van der Waals surface area (Å²) in [5.41, 5.74) is 1.01. The molecule has 1 aromatic carbocycles. The summed E-state index contributed by atoms with van der Waals surface area (Å²) < 4.78 is 4.94. The molecule has 0 aliphatic heterocycles. The van der Waals surface area contributed by atoms with E-state index in [1.807, 2.05) is 30.6 Å². The van der Waals surface area contributed by atoms with Crippen LogP contribution in [0.25, 0.3) is 0 Å². The minimum atomic E-state index is 0.354. The highest BCUT2D eigenvalue weighted by Gasteiger charge is 2.00. The van der Waals surface area contributed by atoms with E-state index in [0.29, 0.717) is 12.4 Å². The van der Waals surface area contributed by atoms with E-state index in [-0.39, 0.29) is 0 Å². The smallest absolute Gasteiger partial charge is 0.203 e. The van der Waals surface area contributed by atoms with Crippen LogP contribution in [0.2, 0.25) is 0 Å². The summed E-state index contributed by atoms with van der Waals surface area (Å²) in [6.45, 7) is 0. The third-order valence-electron chi connectivity index (χ3n) is 1.57. The van der Waals surface area contributed by atoms with Crippen molar-refractivity contribution in [3.63, 3.8) is 0 Å². The van der Waals surface area contributed by atoms with Crippen LogP contribution in [0.3, 0.4) is 0 Å². The summed E-state index contributed by atoms with van der Waals surface area (Å²) in [5.74, 6) is 0.607. The molecule has 0 aliphatic rings. The van der Waals surface area contributed by atoms with Crippen molar-refractivity contribution in [2.45, 2.75) is 11.3 Å². The first-order chi connectivity index (χ1) is 6.38. The maximum atomic E-state index is 10.2. The van der Waals surface area contributed by atoms with Crippen LogP contribution >= 0.6 is 11.8 Å². The topological polar surface area (TPSA) is 26.3 Å². The molecule has 2 nitrogen and oxygen atoms in total. The molecule has 13 heavy (non-hydrogen) atoms. The average molecular weight is 195 g/mol. The van der Waals surface area contributed by atoms with Gasteiger partial charge in [0.2, 0.25) is 6.29 Å². The Kier molecular flexibility index (Phi) is 4.57. The van der Waals surface area contributed by atoms with Crippen LogP contribution in [-0.4, -0.2) is 19.3 Å². The van der Waals surface area contributed by atoms with Crippen molar-refractivity contribution in [1.29, 1.82) is 0 Å². The van der Waals surface area contributed by atoms with Crippen molar-refractivity contribution in [2.75, 3.05) is 13.0 Å². The number of rotatable bonds is 5. The van der Waals surface area contributed by atoms with E-state index in [2.05, 4.69) is 0 Å².